The quantitative estimate of drug-likeness (QED) is 0.340. The topological polar surface area (TPSA) is 9.23 Å². The Kier molecular flexibility index (Phi) is 5.94. The zero-order valence-electron chi connectivity index (χ0n) is 19.3. The molecule has 1 aliphatic rings. The van der Waals surface area contributed by atoms with Crippen LogP contribution in [0.15, 0.2) is 97.3 Å². The molecule has 0 bridgehead atoms. The van der Waals surface area contributed by atoms with Gasteiger partial charge in [0.25, 0.3) is 0 Å². The minimum atomic E-state index is -2.55. The highest BCUT2D eigenvalue weighted by Gasteiger charge is 2.51. The highest BCUT2D eigenvalue weighted by atomic mass is 28.4. The van der Waals surface area contributed by atoms with Crippen LogP contribution in [0.1, 0.15) is 51.7 Å². The van der Waals surface area contributed by atoms with Crippen LogP contribution in [0, 0.1) is 0 Å². The zero-order valence-corrected chi connectivity index (χ0v) is 20.3. The van der Waals surface area contributed by atoms with E-state index in [1.54, 1.807) is 0 Å². The molecule has 2 heteroatoms. The molecule has 0 aromatic heterocycles. The second-order valence-electron chi connectivity index (χ2n) is 10.0. The maximum Gasteiger partial charge on any atom is 0.319 e. The standard InChI is InChI=1S/C29H34OSi/c1-28(2,3)31(25-16-7-5-8-17-25,26-18-9-6-10-19-26)30-23-22-29(4)21-13-15-24-14-11-12-20-27(24)29/h5-12,14,16-20,22-23H,13,15,21H2,1-4H3/b23-22+/t29-/m1/s1. The van der Waals surface area contributed by atoms with E-state index in [0.717, 1.165) is 6.42 Å². The molecular formula is C29H34OSi. The Balaban J connectivity index is 1.78. The molecule has 0 heterocycles. The summed E-state index contributed by atoms with van der Waals surface area (Å²) < 4.78 is 7.01. The van der Waals surface area contributed by atoms with Crippen molar-refractivity contribution in [1.29, 1.82) is 0 Å². The fraction of sp³-hybridized carbons (Fsp3) is 0.310. The smallest absolute Gasteiger partial charge is 0.319 e. The normalized spacial score (nSPS) is 19.2. The van der Waals surface area contributed by atoms with E-state index in [1.165, 1.54) is 34.3 Å². The molecule has 0 radical (unpaired) electrons. The maximum absolute atomic E-state index is 7.01. The summed E-state index contributed by atoms with van der Waals surface area (Å²) in [5.41, 5.74) is 2.94. The van der Waals surface area contributed by atoms with Gasteiger partial charge in [-0.1, -0.05) is 113 Å². The van der Waals surface area contributed by atoms with Gasteiger partial charge in [0.05, 0.1) is 6.26 Å². The molecule has 1 nitrogen and oxygen atoms in total. The van der Waals surface area contributed by atoms with Crippen molar-refractivity contribution in [2.75, 3.05) is 0 Å². The van der Waals surface area contributed by atoms with Gasteiger partial charge in [0.1, 0.15) is 0 Å². The number of allylic oxidation sites excluding steroid dienone is 1. The molecule has 160 valence electrons. The van der Waals surface area contributed by atoms with Crippen LogP contribution in [0.2, 0.25) is 5.04 Å². The maximum atomic E-state index is 7.01. The van der Waals surface area contributed by atoms with Crippen molar-refractivity contribution in [1.82, 2.24) is 0 Å². The van der Waals surface area contributed by atoms with Gasteiger partial charge in [0.2, 0.25) is 0 Å². The summed E-state index contributed by atoms with van der Waals surface area (Å²) in [7, 11) is -2.55. The highest BCUT2D eigenvalue weighted by Crippen LogP contribution is 2.40. The average molecular weight is 427 g/mol. The molecule has 3 aromatic rings. The van der Waals surface area contributed by atoms with Crippen molar-refractivity contribution in [3.8, 4) is 0 Å². The summed E-state index contributed by atoms with van der Waals surface area (Å²) in [5.74, 6) is 0. The average Bonchev–Trinajstić information content (AvgIpc) is 2.77. The van der Waals surface area contributed by atoms with Gasteiger partial charge in [-0.05, 0) is 51.9 Å². The van der Waals surface area contributed by atoms with Crippen LogP contribution >= 0.6 is 0 Å². The van der Waals surface area contributed by atoms with Crippen molar-refractivity contribution < 1.29 is 4.43 Å². The van der Waals surface area contributed by atoms with Crippen molar-refractivity contribution in [2.24, 2.45) is 0 Å². The molecule has 0 fully saturated rings. The molecule has 0 N–H and O–H groups in total. The Morgan fingerprint density at radius 1 is 0.806 bits per heavy atom. The molecule has 0 spiro atoms. The Morgan fingerprint density at radius 2 is 1.35 bits per heavy atom. The van der Waals surface area contributed by atoms with Crippen LogP contribution < -0.4 is 10.4 Å². The van der Waals surface area contributed by atoms with Gasteiger partial charge in [-0.25, -0.2) is 0 Å². The lowest BCUT2D eigenvalue weighted by Crippen LogP contribution is -2.65. The molecule has 1 atom stereocenters. The molecule has 31 heavy (non-hydrogen) atoms. The van der Waals surface area contributed by atoms with E-state index in [4.69, 9.17) is 4.43 Å². The third-order valence-electron chi connectivity index (χ3n) is 6.87. The van der Waals surface area contributed by atoms with Gasteiger partial charge in [0, 0.05) is 5.41 Å². The molecule has 0 saturated heterocycles. The first-order valence-corrected chi connectivity index (χ1v) is 13.3. The third kappa shape index (κ3) is 4.02. The predicted octanol–water partition coefficient (Wildman–Crippen LogP) is 6.37. The fourth-order valence-electron chi connectivity index (χ4n) is 5.23. The lowest BCUT2D eigenvalue weighted by Gasteiger charge is -2.42. The summed E-state index contributed by atoms with van der Waals surface area (Å²) in [4.78, 5) is 0. The first-order chi connectivity index (χ1) is 14.9. The van der Waals surface area contributed by atoms with Gasteiger partial charge in [-0.2, -0.15) is 0 Å². The fourth-order valence-corrected chi connectivity index (χ4v) is 9.51. The molecular weight excluding hydrogens is 392 g/mol. The molecule has 0 amide bonds. The van der Waals surface area contributed by atoms with E-state index in [0.29, 0.717) is 0 Å². The van der Waals surface area contributed by atoms with E-state index in [2.05, 4.69) is 119 Å². The molecule has 4 rings (SSSR count). The minimum absolute atomic E-state index is 0.0141. The van der Waals surface area contributed by atoms with E-state index in [1.807, 2.05) is 6.26 Å². The Hall–Kier alpha value is -2.58. The molecule has 0 aliphatic heterocycles. The molecule has 3 aromatic carbocycles. The van der Waals surface area contributed by atoms with Crippen molar-refractivity contribution in [3.63, 3.8) is 0 Å². The van der Waals surface area contributed by atoms with Gasteiger partial charge in [0.15, 0.2) is 0 Å². The van der Waals surface area contributed by atoms with Crippen LogP contribution in [0.5, 0.6) is 0 Å². The SMILES string of the molecule is CC(C)(C)[Si](O/C=C/[C@@]1(C)CCCc2ccccc21)(c1ccccc1)c1ccccc1. The Labute approximate surface area is 188 Å². The van der Waals surface area contributed by atoms with E-state index < -0.39 is 8.32 Å². The predicted molar refractivity (Wildman–Crippen MR) is 135 cm³/mol. The van der Waals surface area contributed by atoms with Gasteiger partial charge < -0.3 is 4.43 Å². The van der Waals surface area contributed by atoms with E-state index >= 15 is 0 Å². The molecule has 0 unspecified atom stereocenters. The van der Waals surface area contributed by atoms with E-state index in [-0.39, 0.29) is 10.5 Å². The number of rotatable bonds is 5. The lowest BCUT2D eigenvalue weighted by atomic mass is 9.71. The largest absolute Gasteiger partial charge is 0.540 e. The van der Waals surface area contributed by atoms with Gasteiger partial charge >= 0.3 is 8.32 Å². The second kappa shape index (κ2) is 8.51. The third-order valence-corrected chi connectivity index (χ3v) is 11.8. The second-order valence-corrected chi connectivity index (χ2v) is 14.3. The monoisotopic (exact) mass is 426 g/mol. The first kappa shape index (κ1) is 21.6. The number of hydrogen-bond acceptors (Lipinski definition) is 1. The van der Waals surface area contributed by atoms with Crippen molar-refractivity contribution in [2.45, 2.75) is 57.4 Å². The number of fused-ring (bicyclic) bond motifs is 1. The van der Waals surface area contributed by atoms with Crippen LogP contribution in [0.4, 0.5) is 0 Å². The lowest BCUT2D eigenvalue weighted by molar-refractivity contribution is 0.421. The van der Waals surface area contributed by atoms with Crippen molar-refractivity contribution in [3.05, 3.63) is 108 Å². The number of aryl methyl sites for hydroxylation is 1. The summed E-state index contributed by atoms with van der Waals surface area (Å²) in [5, 5.41) is 2.60. The first-order valence-electron chi connectivity index (χ1n) is 11.4. The van der Waals surface area contributed by atoms with Crippen LogP contribution in [-0.4, -0.2) is 8.32 Å². The summed E-state index contributed by atoms with van der Waals surface area (Å²) in [6.07, 6.45) is 7.92. The Bertz CT molecular complexity index is 994. The number of hydrogen-bond donors (Lipinski definition) is 0. The van der Waals surface area contributed by atoms with E-state index in [9.17, 15) is 0 Å². The Morgan fingerprint density at radius 3 is 1.94 bits per heavy atom. The summed E-state index contributed by atoms with van der Waals surface area (Å²) in [6, 6.07) is 30.6. The van der Waals surface area contributed by atoms with Crippen LogP contribution in [-0.2, 0) is 16.3 Å². The summed E-state index contributed by atoms with van der Waals surface area (Å²) in [6.45, 7) is 9.33. The minimum Gasteiger partial charge on any atom is -0.540 e. The van der Waals surface area contributed by atoms with Gasteiger partial charge in [-0.15, -0.1) is 0 Å². The van der Waals surface area contributed by atoms with Crippen molar-refractivity contribution >= 4 is 18.7 Å². The van der Waals surface area contributed by atoms with Gasteiger partial charge in [-0.3, -0.25) is 0 Å². The van der Waals surface area contributed by atoms with Crippen LogP contribution in [0.3, 0.4) is 0 Å². The molecule has 0 saturated carbocycles. The zero-order chi connectivity index (χ0) is 22.0. The highest BCUT2D eigenvalue weighted by molar-refractivity contribution is 6.99. The molecule has 1 aliphatic carbocycles. The van der Waals surface area contributed by atoms with Crippen LogP contribution in [0.25, 0.3) is 0 Å². The number of benzene rings is 3. The summed E-state index contributed by atoms with van der Waals surface area (Å²) >= 11 is 0.